The third kappa shape index (κ3) is 2.86. The van der Waals surface area contributed by atoms with Gasteiger partial charge < -0.3 is 9.42 Å². The third-order valence-corrected chi connectivity index (χ3v) is 4.06. The Kier molecular flexibility index (Phi) is 3.91. The highest BCUT2D eigenvalue weighted by atomic mass is 16.5. The van der Waals surface area contributed by atoms with Gasteiger partial charge in [-0.2, -0.15) is 10.1 Å². The van der Waals surface area contributed by atoms with Gasteiger partial charge >= 0.3 is 0 Å². The number of hydrogen-bond donors (Lipinski definition) is 0. The number of likely N-dealkylation sites (tertiary alicyclic amines) is 1. The summed E-state index contributed by atoms with van der Waals surface area (Å²) in [5.41, 5.74) is 0.449. The number of amides is 2. The molecule has 0 bridgehead atoms. The number of aromatic nitrogens is 2. The topological polar surface area (TPSA) is 91.9 Å². The van der Waals surface area contributed by atoms with Gasteiger partial charge in [0, 0.05) is 33.0 Å². The Balaban J connectivity index is 1.70. The molecular weight excluding hydrogens is 286 g/mol. The van der Waals surface area contributed by atoms with Crippen molar-refractivity contribution in [1.29, 1.82) is 0 Å². The van der Waals surface area contributed by atoms with Gasteiger partial charge in [0.05, 0.1) is 5.92 Å². The Bertz CT molecular complexity index is 624. The standard InChI is InChI=1S/C14H19N5O3/c1-9-15-13(22-17-9)10-4-3-7-19(8-10)14(21)11-5-6-12(20)18(2)16-11/h10H,3-8H2,1-2H3/t10-/m1/s1. The van der Waals surface area contributed by atoms with E-state index in [4.69, 9.17) is 4.52 Å². The Hall–Kier alpha value is -2.25. The highest BCUT2D eigenvalue weighted by Gasteiger charge is 2.31. The molecule has 3 rings (SSSR count). The van der Waals surface area contributed by atoms with Crippen LogP contribution in [-0.4, -0.2) is 57.7 Å². The summed E-state index contributed by atoms with van der Waals surface area (Å²) >= 11 is 0. The normalized spacial score (nSPS) is 22.7. The Morgan fingerprint density at radius 1 is 1.36 bits per heavy atom. The molecule has 0 aromatic carbocycles. The van der Waals surface area contributed by atoms with Gasteiger partial charge in [-0.1, -0.05) is 5.16 Å². The molecule has 0 saturated carbocycles. The van der Waals surface area contributed by atoms with Crippen molar-refractivity contribution in [2.75, 3.05) is 20.1 Å². The minimum Gasteiger partial charge on any atom is -0.339 e. The molecule has 118 valence electrons. The summed E-state index contributed by atoms with van der Waals surface area (Å²) in [4.78, 5) is 30.1. The van der Waals surface area contributed by atoms with Gasteiger partial charge in [0.25, 0.3) is 5.91 Å². The van der Waals surface area contributed by atoms with Crippen LogP contribution in [0.1, 0.15) is 43.3 Å². The van der Waals surface area contributed by atoms with E-state index in [1.165, 1.54) is 5.01 Å². The maximum absolute atomic E-state index is 12.6. The third-order valence-electron chi connectivity index (χ3n) is 4.06. The molecule has 0 aliphatic carbocycles. The van der Waals surface area contributed by atoms with Gasteiger partial charge in [-0.05, 0) is 19.8 Å². The lowest BCUT2D eigenvalue weighted by Gasteiger charge is -2.32. The second kappa shape index (κ2) is 5.86. The van der Waals surface area contributed by atoms with Crippen molar-refractivity contribution >= 4 is 17.5 Å². The van der Waals surface area contributed by atoms with E-state index in [-0.39, 0.29) is 17.7 Å². The first-order valence-corrected chi connectivity index (χ1v) is 7.48. The summed E-state index contributed by atoms with van der Waals surface area (Å²) in [6.45, 7) is 3.03. The van der Waals surface area contributed by atoms with E-state index in [1.807, 2.05) is 0 Å². The fraction of sp³-hybridized carbons (Fsp3) is 0.643. The lowest BCUT2D eigenvalue weighted by Crippen LogP contribution is -2.44. The van der Waals surface area contributed by atoms with Crippen LogP contribution in [0.15, 0.2) is 9.62 Å². The van der Waals surface area contributed by atoms with Gasteiger partial charge in [-0.15, -0.1) is 0 Å². The zero-order chi connectivity index (χ0) is 15.7. The van der Waals surface area contributed by atoms with E-state index >= 15 is 0 Å². The Morgan fingerprint density at radius 3 is 2.86 bits per heavy atom. The highest BCUT2D eigenvalue weighted by molar-refractivity contribution is 6.39. The quantitative estimate of drug-likeness (QED) is 0.801. The van der Waals surface area contributed by atoms with Crippen molar-refractivity contribution in [3.8, 4) is 0 Å². The number of aryl methyl sites for hydroxylation is 1. The molecule has 1 aromatic rings. The van der Waals surface area contributed by atoms with Crippen LogP contribution in [0.4, 0.5) is 0 Å². The zero-order valence-corrected chi connectivity index (χ0v) is 12.8. The highest BCUT2D eigenvalue weighted by Crippen LogP contribution is 2.26. The molecule has 1 aromatic heterocycles. The molecule has 0 N–H and O–H groups in total. The first-order valence-electron chi connectivity index (χ1n) is 7.48. The maximum atomic E-state index is 12.6. The van der Waals surface area contributed by atoms with Crippen molar-refractivity contribution in [3.63, 3.8) is 0 Å². The molecule has 2 aliphatic rings. The van der Waals surface area contributed by atoms with E-state index in [0.29, 0.717) is 43.4 Å². The van der Waals surface area contributed by atoms with Crippen LogP contribution in [-0.2, 0) is 9.59 Å². The fourth-order valence-corrected chi connectivity index (χ4v) is 2.85. The van der Waals surface area contributed by atoms with E-state index < -0.39 is 0 Å². The molecule has 2 aliphatic heterocycles. The van der Waals surface area contributed by atoms with Crippen LogP contribution in [0.3, 0.4) is 0 Å². The van der Waals surface area contributed by atoms with E-state index in [0.717, 1.165) is 12.8 Å². The molecule has 0 unspecified atom stereocenters. The van der Waals surface area contributed by atoms with Crippen LogP contribution in [0.25, 0.3) is 0 Å². The van der Waals surface area contributed by atoms with Crippen molar-refractivity contribution in [1.82, 2.24) is 20.0 Å². The summed E-state index contributed by atoms with van der Waals surface area (Å²) in [5.74, 6) is 1.11. The smallest absolute Gasteiger partial charge is 0.270 e. The molecule has 0 spiro atoms. The number of rotatable bonds is 2. The predicted molar refractivity (Wildman–Crippen MR) is 77.0 cm³/mol. The Labute approximate surface area is 128 Å². The average molecular weight is 305 g/mol. The second-order valence-corrected chi connectivity index (χ2v) is 5.73. The largest absolute Gasteiger partial charge is 0.339 e. The molecule has 22 heavy (non-hydrogen) atoms. The zero-order valence-electron chi connectivity index (χ0n) is 12.8. The minimum absolute atomic E-state index is 0.0607. The number of hydrogen-bond acceptors (Lipinski definition) is 6. The summed E-state index contributed by atoms with van der Waals surface area (Å²) in [7, 11) is 1.58. The SMILES string of the molecule is Cc1noc([C@@H]2CCCN(C(=O)C3=NN(C)C(=O)CC3)C2)n1. The number of nitrogens with zero attached hydrogens (tertiary/aromatic N) is 5. The number of carbonyl (C=O) groups excluding carboxylic acids is 2. The molecular formula is C14H19N5O3. The van der Waals surface area contributed by atoms with Crippen LogP contribution in [0, 0.1) is 6.92 Å². The van der Waals surface area contributed by atoms with Gasteiger partial charge in [-0.3, -0.25) is 9.59 Å². The molecule has 1 fully saturated rings. The summed E-state index contributed by atoms with van der Waals surface area (Å²) in [5, 5.41) is 9.16. The first-order chi connectivity index (χ1) is 10.5. The van der Waals surface area contributed by atoms with Gasteiger partial charge in [0.2, 0.25) is 11.8 Å². The molecule has 1 saturated heterocycles. The van der Waals surface area contributed by atoms with Crippen molar-refractivity contribution in [2.45, 2.75) is 38.5 Å². The molecule has 3 heterocycles. The molecule has 8 nitrogen and oxygen atoms in total. The first kappa shape index (κ1) is 14.7. The van der Waals surface area contributed by atoms with E-state index in [2.05, 4.69) is 15.2 Å². The number of carbonyl (C=O) groups is 2. The van der Waals surface area contributed by atoms with Crippen molar-refractivity contribution in [2.24, 2.45) is 5.10 Å². The summed E-state index contributed by atoms with van der Waals surface area (Å²) < 4.78 is 5.23. The Morgan fingerprint density at radius 2 is 2.18 bits per heavy atom. The van der Waals surface area contributed by atoms with E-state index in [9.17, 15) is 9.59 Å². The number of piperidine rings is 1. The second-order valence-electron chi connectivity index (χ2n) is 5.73. The average Bonchev–Trinajstić information content (AvgIpc) is 2.96. The molecule has 8 heteroatoms. The lowest BCUT2D eigenvalue weighted by atomic mass is 9.97. The molecule has 0 radical (unpaired) electrons. The molecule has 1 atom stereocenters. The lowest BCUT2D eigenvalue weighted by molar-refractivity contribution is -0.130. The van der Waals surface area contributed by atoms with Crippen LogP contribution >= 0.6 is 0 Å². The maximum Gasteiger partial charge on any atom is 0.270 e. The van der Waals surface area contributed by atoms with Gasteiger partial charge in [0.1, 0.15) is 5.71 Å². The van der Waals surface area contributed by atoms with Crippen molar-refractivity contribution < 1.29 is 14.1 Å². The summed E-state index contributed by atoms with van der Waals surface area (Å²) in [6.07, 6.45) is 2.56. The van der Waals surface area contributed by atoms with Crippen LogP contribution in [0.5, 0.6) is 0 Å². The predicted octanol–water partition coefficient (Wildman–Crippen LogP) is 0.692. The summed E-state index contributed by atoms with van der Waals surface area (Å²) in [6, 6.07) is 0. The van der Waals surface area contributed by atoms with Crippen molar-refractivity contribution in [3.05, 3.63) is 11.7 Å². The fourth-order valence-electron chi connectivity index (χ4n) is 2.85. The minimum atomic E-state index is -0.0970. The van der Waals surface area contributed by atoms with Gasteiger partial charge in [0.15, 0.2) is 5.82 Å². The van der Waals surface area contributed by atoms with E-state index in [1.54, 1.807) is 18.9 Å². The van der Waals surface area contributed by atoms with Crippen LogP contribution in [0.2, 0.25) is 0 Å². The monoisotopic (exact) mass is 305 g/mol. The van der Waals surface area contributed by atoms with Gasteiger partial charge in [-0.25, -0.2) is 5.01 Å². The number of hydrazone groups is 1. The van der Waals surface area contributed by atoms with Crippen LogP contribution < -0.4 is 0 Å². The molecule has 2 amide bonds.